The maximum atomic E-state index is 14.8. The molecule has 270 valence electrons. The lowest BCUT2D eigenvalue weighted by Gasteiger charge is -2.42. The first-order valence-corrected chi connectivity index (χ1v) is 18.7. The highest BCUT2D eigenvalue weighted by Gasteiger charge is 2.78. The smallest absolute Gasteiger partial charge is 0.313 e. The molecular formula is C38H54BrN3O7. The Labute approximate surface area is 299 Å². The number of rotatable bonds is 18. The van der Waals surface area contributed by atoms with Crippen LogP contribution in [-0.4, -0.2) is 92.4 Å². The summed E-state index contributed by atoms with van der Waals surface area (Å²) in [4.78, 5) is 59.7. The number of halogens is 1. The van der Waals surface area contributed by atoms with Gasteiger partial charge in [-0.3, -0.25) is 19.2 Å². The summed E-state index contributed by atoms with van der Waals surface area (Å²) >= 11 is 3.75. The molecule has 3 heterocycles. The summed E-state index contributed by atoms with van der Waals surface area (Å²) in [5, 5.41) is 13.7. The fraction of sp³-hybridized carbons (Fsp3) is 0.632. The number of esters is 1. The maximum Gasteiger partial charge on any atom is 0.313 e. The molecule has 3 aliphatic rings. The number of allylic oxidation sites excluding steroid dienone is 1. The van der Waals surface area contributed by atoms with E-state index in [1.54, 1.807) is 24.0 Å². The van der Waals surface area contributed by atoms with Crippen LogP contribution in [-0.2, 0) is 28.7 Å². The highest BCUT2D eigenvalue weighted by atomic mass is 79.9. The van der Waals surface area contributed by atoms with Gasteiger partial charge in [0.15, 0.2) is 0 Å². The lowest BCUT2D eigenvalue weighted by atomic mass is 9.70. The van der Waals surface area contributed by atoms with Crippen molar-refractivity contribution in [3.63, 3.8) is 0 Å². The Morgan fingerprint density at radius 1 is 1.18 bits per heavy atom. The third kappa shape index (κ3) is 7.54. The van der Waals surface area contributed by atoms with Gasteiger partial charge in [0.05, 0.1) is 36.6 Å². The van der Waals surface area contributed by atoms with Crippen molar-refractivity contribution in [3.8, 4) is 0 Å². The molecular weight excluding hydrogens is 690 g/mol. The molecule has 10 nitrogen and oxygen atoms in total. The summed E-state index contributed by atoms with van der Waals surface area (Å²) in [6.07, 6.45) is 5.17. The largest absolute Gasteiger partial charge is 0.455 e. The first-order valence-electron chi connectivity index (χ1n) is 17.7. The second-order valence-electron chi connectivity index (χ2n) is 13.9. The predicted molar refractivity (Wildman–Crippen MR) is 191 cm³/mol. The van der Waals surface area contributed by atoms with Crippen molar-refractivity contribution in [2.75, 3.05) is 13.2 Å². The van der Waals surface area contributed by atoms with Crippen LogP contribution in [0.4, 0.5) is 0 Å². The van der Waals surface area contributed by atoms with Crippen LogP contribution >= 0.6 is 15.9 Å². The Bertz CT molecular complexity index is 1360. The minimum absolute atomic E-state index is 0.129. The Balaban J connectivity index is 1.76. The van der Waals surface area contributed by atoms with E-state index in [1.807, 2.05) is 51.1 Å². The molecule has 2 N–H and O–H groups in total. The number of amides is 3. The van der Waals surface area contributed by atoms with Crippen molar-refractivity contribution in [2.24, 2.45) is 17.8 Å². The van der Waals surface area contributed by atoms with Crippen molar-refractivity contribution in [1.82, 2.24) is 15.1 Å². The van der Waals surface area contributed by atoms with Gasteiger partial charge < -0.3 is 29.7 Å². The summed E-state index contributed by atoms with van der Waals surface area (Å²) in [5.41, 5.74) is -0.619. The topological polar surface area (TPSA) is 125 Å². The number of carbonyl (C=O) groups is 4. The van der Waals surface area contributed by atoms with Gasteiger partial charge in [0, 0.05) is 23.8 Å². The molecule has 3 fully saturated rings. The van der Waals surface area contributed by atoms with Gasteiger partial charge in [-0.25, -0.2) is 0 Å². The zero-order chi connectivity index (χ0) is 36.0. The van der Waals surface area contributed by atoms with Crippen LogP contribution < -0.4 is 5.32 Å². The summed E-state index contributed by atoms with van der Waals surface area (Å²) in [7, 11) is 0. The monoisotopic (exact) mass is 743 g/mol. The van der Waals surface area contributed by atoms with E-state index in [2.05, 4.69) is 41.3 Å². The van der Waals surface area contributed by atoms with Crippen molar-refractivity contribution >= 4 is 39.6 Å². The molecule has 3 saturated heterocycles. The van der Waals surface area contributed by atoms with E-state index in [1.165, 1.54) is 4.90 Å². The molecule has 3 aliphatic heterocycles. The Morgan fingerprint density at radius 3 is 2.47 bits per heavy atom. The number of hydrogen-bond acceptors (Lipinski definition) is 7. The summed E-state index contributed by atoms with van der Waals surface area (Å²) in [5.74, 6) is -3.62. The molecule has 49 heavy (non-hydrogen) atoms. The van der Waals surface area contributed by atoms with Crippen molar-refractivity contribution in [3.05, 3.63) is 61.2 Å². The third-order valence-corrected chi connectivity index (χ3v) is 11.6. The van der Waals surface area contributed by atoms with Crippen LogP contribution in [0.15, 0.2) is 55.6 Å². The molecule has 1 aromatic rings. The van der Waals surface area contributed by atoms with E-state index in [0.29, 0.717) is 24.8 Å². The molecule has 0 aliphatic carbocycles. The van der Waals surface area contributed by atoms with Crippen LogP contribution in [0.5, 0.6) is 0 Å². The highest BCUT2D eigenvalue weighted by molar-refractivity contribution is 9.09. The average molecular weight is 745 g/mol. The van der Waals surface area contributed by atoms with Gasteiger partial charge in [-0.05, 0) is 44.6 Å². The van der Waals surface area contributed by atoms with E-state index < -0.39 is 53.7 Å². The van der Waals surface area contributed by atoms with Crippen molar-refractivity contribution in [2.45, 2.75) is 120 Å². The van der Waals surface area contributed by atoms with Gasteiger partial charge >= 0.3 is 5.97 Å². The van der Waals surface area contributed by atoms with E-state index in [0.717, 1.165) is 12.8 Å². The number of aliphatic hydroxyl groups is 1. The third-order valence-electron chi connectivity index (χ3n) is 10.7. The molecule has 0 aromatic heterocycles. The van der Waals surface area contributed by atoms with Gasteiger partial charge in [0.25, 0.3) is 0 Å². The molecule has 11 heteroatoms. The number of nitrogens with zero attached hydrogens (tertiary/aromatic N) is 2. The lowest BCUT2D eigenvalue weighted by molar-refractivity contribution is -0.163. The van der Waals surface area contributed by atoms with Crippen LogP contribution in [0.25, 0.3) is 0 Å². The molecule has 2 bridgehead atoms. The SMILES string of the molecule is C=CCCC(=O)N[C@@H](C)[C@H](OC(=O)[C@H]1[C@@H]2O[C@@]3(CC2Br)[C@@H]1C(=O)N([C@@H](CO)[C@@H](C)CC)[C@@H]3C(=O)N(CC=C)C(C)CCC)c1ccccc1. The molecule has 0 saturated carbocycles. The average Bonchev–Trinajstić information content (AvgIpc) is 3.68. The van der Waals surface area contributed by atoms with Gasteiger partial charge in [-0.2, -0.15) is 0 Å². The van der Waals surface area contributed by atoms with Crippen molar-refractivity contribution < 1.29 is 33.8 Å². The second-order valence-corrected chi connectivity index (χ2v) is 15.1. The second kappa shape index (κ2) is 16.8. The van der Waals surface area contributed by atoms with Crippen LogP contribution in [0.3, 0.4) is 0 Å². The zero-order valence-corrected chi connectivity index (χ0v) is 31.1. The van der Waals surface area contributed by atoms with E-state index in [4.69, 9.17) is 9.47 Å². The van der Waals surface area contributed by atoms with E-state index >= 15 is 0 Å². The molecule has 1 spiro atoms. The van der Waals surface area contributed by atoms with Crippen LogP contribution in [0.2, 0.25) is 0 Å². The number of fused-ring (bicyclic) bond motifs is 1. The molecule has 1 aromatic carbocycles. The van der Waals surface area contributed by atoms with Gasteiger partial charge in [0.1, 0.15) is 17.7 Å². The summed E-state index contributed by atoms with van der Waals surface area (Å²) < 4.78 is 13.0. The number of carbonyl (C=O) groups excluding carboxylic acids is 4. The maximum absolute atomic E-state index is 14.8. The summed E-state index contributed by atoms with van der Waals surface area (Å²) in [6, 6.07) is 6.76. The summed E-state index contributed by atoms with van der Waals surface area (Å²) in [6.45, 7) is 17.3. The number of nitrogens with one attached hydrogen (secondary N) is 1. The quantitative estimate of drug-likeness (QED) is 0.122. The molecule has 11 atom stereocenters. The zero-order valence-electron chi connectivity index (χ0n) is 29.6. The molecule has 4 rings (SSSR count). The van der Waals surface area contributed by atoms with E-state index in [9.17, 15) is 24.3 Å². The van der Waals surface area contributed by atoms with Crippen LogP contribution in [0, 0.1) is 17.8 Å². The Hall–Kier alpha value is -3.02. The first kappa shape index (κ1) is 38.8. The lowest BCUT2D eigenvalue weighted by Crippen LogP contribution is -2.61. The number of ether oxygens (including phenoxy) is 2. The van der Waals surface area contributed by atoms with Crippen molar-refractivity contribution in [1.29, 1.82) is 0 Å². The Kier molecular flexibility index (Phi) is 13.3. The van der Waals surface area contributed by atoms with Crippen LogP contribution in [0.1, 0.15) is 84.8 Å². The minimum Gasteiger partial charge on any atom is -0.455 e. The predicted octanol–water partition coefficient (Wildman–Crippen LogP) is 5.10. The Morgan fingerprint density at radius 2 is 1.88 bits per heavy atom. The van der Waals surface area contributed by atoms with Gasteiger partial charge in [0.2, 0.25) is 17.7 Å². The number of likely N-dealkylation sites (tertiary alicyclic amines) is 1. The molecule has 0 radical (unpaired) electrons. The molecule has 2 unspecified atom stereocenters. The van der Waals surface area contributed by atoms with Gasteiger partial charge in [-0.1, -0.05) is 92.0 Å². The fourth-order valence-corrected chi connectivity index (χ4v) is 9.03. The number of aliphatic hydroxyl groups excluding tert-OH is 1. The van der Waals surface area contributed by atoms with E-state index in [-0.39, 0.29) is 54.1 Å². The standard InChI is InChI=1S/C38H54BrN3O7/c1-8-12-19-29(44)40-25(7)32(26-17-14-13-15-18-26)48-37(47)30-31-35(45)42(28(22-43)23(5)11-4)34(38(31)21-27(39)33(30)49-38)36(46)41(20-10-3)24(6)16-9-2/h8,10,13-15,17-18,23-25,27-28,30-34,43H,1,3,9,11-12,16,19-22H2,2,4-7H3,(H,40,44)/t23-,24?,25-,27?,28-,30+,31-,32-,33+,34+,38-/m0/s1. The highest BCUT2D eigenvalue weighted by Crippen LogP contribution is 2.61. The van der Waals surface area contributed by atoms with Gasteiger partial charge in [-0.15, -0.1) is 13.2 Å². The minimum atomic E-state index is -1.31. The molecule has 3 amide bonds. The number of benzene rings is 1. The fourth-order valence-electron chi connectivity index (χ4n) is 8.08. The number of alkyl halides is 1. The number of hydrogen-bond donors (Lipinski definition) is 2. The normalized spacial score (nSPS) is 28.6. The first-order chi connectivity index (χ1) is 23.4.